The first-order valence-corrected chi connectivity index (χ1v) is 22.0. The van der Waals surface area contributed by atoms with Crippen molar-refractivity contribution in [3.8, 4) is 35.8 Å². The molecular formula is C45H63N9O3. The molecule has 0 spiro atoms. The lowest BCUT2D eigenvalue weighted by Gasteiger charge is -2.14. The second-order valence-electron chi connectivity index (χ2n) is 15.0. The van der Waals surface area contributed by atoms with Crippen LogP contribution in [0.1, 0.15) is 192 Å². The smallest absolute Gasteiger partial charge is 0.251 e. The Morgan fingerprint density at radius 2 is 0.526 bits per heavy atom. The summed E-state index contributed by atoms with van der Waals surface area (Å²) < 4.78 is 18.2. The molecule has 3 heterocycles. The molecule has 0 aliphatic carbocycles. The third kappa shape index (κ3) is 13.9. The van der Waals surface area contributed by atoms with Gasteiger partial charge in [0.2, 0.25) is 17.1 Å². The molecule has 0 unspecified atom stereocenters. The normalized spacial score (nSPS) is 11.2. The second kappa shape index (κ2) is 26.1. The maximum Gasteiger partial charge on any atom is 0.251 e. The highest BCUT2D eigenvalue weighted by atomic mass is 16.5. The van der Waals surface area contributed by atoms with Crippen molar-refractivity contribution >= 4 is 33.1 Å². The van der Waals surface area contributed by atoms with E-state index in [-0.39, 0.29) is 67.8 Å². The minimum Gasteiger partial charge on any atom is -0.476 e. The monoisotopic (exact) mass is 778 g/mol. The molecule has 0 saturated carbocycles. The van der Waals surface area contributed by atoms with E-state index < -0.39 is 0 Å². The van der Waals surface area contributed by atoms with E-state index in [0.717, 1.165) is 57.8 Å². The number of nitrogens with zero attached hydrogens (tertiary/aromatic N) is 9. The highest BCUT2D eigenvalue weighted by Crippen LogP contribution is 2.35. The van der Waals surface area contributed by atoms with Crippen LogP contribution >= 0.6 is 0 Å². The van der Waals surface area contributed by atoms with Crippen LogP contribution in [0.3, 0.4) is 0 Å². The van der Waals surface area contributed by atoms with Crippen LogP contribution in [-0.4, -0.2) is 49.7 Å². The van der Waals surface area contributed by atoms with Gasteiger partial charge in [0, 0.05) is 0 Å². The zero-order chi connectivity index (χ0) is 40.5. The minimum absolute atomic E-state index is 0.00550. The van der Waals surface area contributed by atoms with Crippen molar-refractivity contribution in [2.24, 2.45) is 0 Å². The van der Waals surface area contributed by atoms with Crippen LogP contribution in [-0.2, 0) is 0 Å². The lowest BCUT2D eigenvalue weighted by atomic mass is 10.1. The Hall–Kier alpha value is -4.89. The number of benzene rings is 1. The average Bonchev–Trinajstić information content (AvgIpc) is 3.23. The summed E-state index contributed by atoms with van der Waals surface area (Å²) in [6.07, 6.45) is 27.5. The second-order valence-corrected chi connectivity index (χ2v) is 15.0. The van der Waals surface area contributed by atoms with E-state index in [0.29, 0.717) is 19.8 Å². The lowest BCUT2D eigenvalue weighted by Crippen LogP contribution is -2.08. The third-order valence-electron chi connectivity index (χ3n) is 10.3. The Kier molecular flexibility index (Phi) is 20.5. The number of rotatable bonds is 30. The Balaban J connectivity index is 1.64. The topological polar surface area (TPSA) is 176 Å². The van der Waals surface area contributed by atoms with Gasteiger partial charge in [0.05, 0.1) is 19.8 Å². The van der Waals surface area contributed by atoms with Crippen molar-refractivity contribution in [3.63, 3.8) is 0 Å². The van der Waals surface area contributed by atoms with Crippen molar-refractivity contribution in [2.75, 3.05) is 19.8 Å². The molecule has 0 radical (unpaired) electrons. The summed E-state index contributed by atoms with van der Waals surface area (Å²) in [4.78, 5) is 28.4. The Morgan fingerprint density at radius 3 is 0.754 bits per heavy atom. The Labute approximate surface area is 339 Å². The van der Waals surface area contributed by atoms with E-state index in [4.69, 9.17) is 29.2 Å². The Bertz CT molecular complexity index is 1710. The highest BCUT2D eigenvalue weighted by molar-refractivity contribution is 6.18. The number of fused-ring (bicyclic) bond motifs is 6. The van der Waals surface area contributed by atoms with E-state index in [1.807, 2.05) is 0 Å². The number of hydrogen-bond acceptors (Lipinski definition) is 12. The highest BCUT2D eigenvalue weighted by Gasteiger charge is 2.24. The van der Waals surface area contributed by atoms with Gasteiger partial charge in [-0.15, -0.1) is 0 Å². The van der Waals surface area contributed by atoms with Gasteiger partial charge >= 0.3 is 0 Å². The molecule has 0 fully saturated rings. The summed E-state index contributed by atoms with van der Waals surface area (Å²) in [5, 5.41) is 30.5. The first-order valence-electron chi connectivity index (χ1n) is 22.0. The number of unbranched alkanes of at least 4 members (excludes halogenated alkanes) is 21. The predicted octanol–water partition coefficient (Wildman–Crippen LogP) is 11.7. The third-order valence-corrected chi connectivity index (χ3v) is 10.3. The van der Waals surface area contributed by atoms with Gasteiger partial charge in [-0.05, 0) is 19.3 Å². The molecule has 4 rings (SSSR count). The van der Waals surface area contributed by atoms with Gasteiger partial charge in [0.15, 0.2) is 0 Å². The van der Waals surface area contributed by atoms with Gasteiger partial charge in [0.25, 0.3) is 17.6 Å². The van der Waals surface area contributed by atoms with Gasteiger partial charge in [-0.2, -0.15) is 15.8 Å². The van der Waals surface area contributed by atoms with Crippen LogP contribution < -0.4 is 14.2 Å². The average molecular weight is 778 g/mol. The van der Waals surface area contributed by atoms with Crippen molar-refractivity contribution < 1.29 is 14.2 Å². The van der Waals surface area contributed by atoms with Crippen LogP contribution in [0.4, 0.5) is 0 Å². The van der Waals surface area contributed by atoms with Crippen molar-refractivity contribution in [1.82, 2.24) is 29.9 Å². The summed E-state index contributed by atoms with van der Waals surface area (Å²) in [5.74, 6) is 0.241. The molecule has 1 aromatic carbocycles. The fourth-order valence-electron chi connectivity index (χ4n) is 6.99. The molecule has 306 valence electrons. The first-order chi connectivity index (χ1) is 28.1. The summed E-state index contributed by atoms with van der Waals surface area (Å²) in [7, 11) is 0. The Morgan fingerprint density at radius 1 is 0.316 bits per heavy atom. The molecule has 3 aromatic heterocycles. The first kappa shape index (κ1) is 44.8. The number of hydrogen-bond donors (Lipinski definition) is 0. The van der Waals surface area contributed by atoms with E-state index in [9.17, 15) is 15.8 Å². The number of nitriles is 3. The summed E-state index contributed by atoms with van der Waals surface area (Å²) in [5.41, 5.74) is 1.45. The van der Waals surface area contributed by atoms with Crippen LogP contribution in [0, 0.1) is 34.0 Å². The van der Waals surface area contributed by atoms with Crippen LogP contribution in [0.5, 0.6) is 17.6 Å². The zero-order valence-electron chi connectivity index (χ0n) is 34.8. The molecular weight excluding hydrogens is 715 g/mol. The summed E-state index contributed by atoms with van der Waals surface area (Å²) >= 11 is 0. The van der Waals surface area contributed by atoms with E-state index in [2.05, 4.69) is 53.9 Å². The lowest BCUT2D eigenvalue weighted by molar-refractivity contribution is 0.291. The predicted molar refractivity (Wildman–Crippen MR) is 224 cm³/mol. The van der Waals surface area contributed by atoms with Crippen molar-refractivity contribution in [2.45, 2.75) is 175 Å². The fraction of sp³-hybridized carbons (Fsp3) is 0.667. The number of ether oxygens (including phenoxy) is 3. The molecule has 0 bridgehead atoms. The van der Waals surface area contributed by atoms with Crippen LogP contribution in [0.25, 0.3) is 33.1 Å². The van der Waals surface area contributed by atoms with Crippen LogP contribution in [0.15, 0.2) is 0 Å². The van der Waals surface area contributed by atoms with Crippen molar-refractivity contribution in [1.29, 1.82) is 15.8 Å². The van der Waals surface area contributed by atoms with Gasteiger partial charge < -0.3 is 14.2 Å². The standard InChI is InChI=1S/C45H63N9O3/c1-4-7-10-13-16-19-22-25-28-55-43-34(31-46)49-37-40(52-43)38-42(54-44(35(32-47)50-38)56-29-26-23-20-17-14-11-8-5-2)39-41(37)53-45(36(33-48)51-39)57-30-27-24-21-18-15-12-9-6-3/h4-30H2,1-3H3. The van der Waals surface area contributed by atoms with E-state index in [1.54, 1.807) is 0 Å². The molecule has 0 aliphatic rings. The van der Waals surface area contributed by atoms with Crippen LogP contribution in [0.2, 0.25) is 0 Å². The molecule has 4 aromatic rings. The quantitative estimate of drug-likeness (QED) is 0.0362. The molecule has 0 N–H and O–H groups in total. The molecule has 57 heavy (non-hydrogen) atoms. The molecule has 12 nitrogen and oxygen atoms in total. The van der Waals surface area contributed by atoms with Crippen molar-refractivity contribution in [3.05, 3.63) is 17.1 Å². The minimum atomic E-state index is -0.00550. The molecule has 12 heteroatoms. The van der Waals surface area contributed by atoms with Gasteiger partial charge in [-0.25, -0.2) is 29.9 Å². The molecule has 0 aliphatic heterocycles. The number of aromatic nitrogens is 6. The van der Waals surface area contributed by atoms with Gasteiger partial charge in [0.1, 0.15) is 51.3 Å². The SMILES string of the molecule is CCCCCCCCCCOc1nc2c(nc1C#N)c1nc(OCCCCCCCCCC)c(C#N)nc1c1nc(OCCCCCCCCCC)c(C#N)nc21. The molecule has 0 saturated heterocycles. The van der Waals surface area contributed by atoms with E-state index in [1.165, 1.54) is 96.3 Å². The summed E-state index contributed by atoms with van der Waals surface area (Å²) in [6.45, 7) is 7.79. The maximum absolute atomic E-state index is 10.2. The molecule has 0 amide bonds. The van der Waals surface area contributed by atoms with Gasteiger partial charge in [-0.1, -0.05) is 156 Å². The van der Waals surface area contributed by atoms with Gasteiger partial charge in [-0.3, -0.25) is 0 Å². The van der Waals surface area contributed by atoms with E-state index >= 15 is 0 Å². The largest absolute Gasteiger partial charge is 0.476 e. The zero-order valence-corrected chi connectivity index (χ0v) is 34.8. The molecule has 0 atom stereocenters. The summed E-state index contributed by atoms with van der Waals surface area (Å²) in [6, 6.07) is 6.39. The fourth-order valence-corrected chi connectivity index (χ4v) is 6.99. The maximum atomic E-state index is 10.2.